The standard InChI is InChI=1S/C14H18N2O5S/c1-14(21,13(19)20)8-15-11(17)9-4-2-6-16(9)12(18)10-5-3-7-22-10/h3,5,7,9,21H,2,4,6,8H2,1H3,(H,15,17)(H,19,20)/t9-,14?/m0/s1. The van der Waals surface area contributed by atoms with Crippen LogP contribution in [0.3, 0.4) is 0 Å². The maximum atomic E-state index is 12.3. The van der Waals surface area contributed by atoms with E-state index in [0.29, 0.717) is 24.3 Å². The second-order valence-corrected chi connectivity index (χ2v) is 6.38. The average molecular weight is 326 g/mol. The molecule has 0 spiro atoms. The summed E-state index contributed by atoms with van der Waals surface area (Å²) in [6.07, 6.45) is 1.24. The fraction of sp³-hybridized carbons (Fsp3) is 0.500. The first kappa shape index (κ1) is 16.4. The highest BCUT2D eigenvalue weighted by atomic mass is 32.1. The van der Waals surface area contributed by atoms with Crippen molar-refractivity contribution in [1.29, 1.82) is 0 Å². The van der Waals surface area contributed by atoms with E-state index < -0.39 is 30.1 Å². The summed E-state index contributed by atoms with van der Waals surface area (Å²) >= 11 is 1.31. The zero-order valence-electron chi connectivity index (χ0n) is 12.1. The first-order valence-electron chi connectivity index (χ1n) is 6.91. The highest BCUT2D eigenvalue weighted by Crippen LogP contribution is 2.22. The Labute approximate surface area is 131 Å². The van der Waals surface area contributed by atoms with Crippen molar-refractivity contribution in [2.75, 3.05) is 13.1 Å². The van der Waals surface area contributed by atoms with Gasteiger partial charge in [0.05, 0.1) is 11.4 Å². The lowest BCUT2D eigenvalue weighted by molar-refractivity contribution is -0.156. The van der Waals surface area contributed by atoms with Gasteiger partial charge in [-0.3, -0.25) is 9.59 Å². The predicted molar refractivity (Wildman–Crippen MR) is 79.6 cm³/mol. The van der Waals surface area contributed by atoms with Gasteiger partial charge in [-0.05, 0) is 31.2 Å². The van der Waals surface area contributed by atoms with Gasteiger partial charge in [0.2, 0.25) is 5.91 Å². The molecule has 8 heteroatoms. The molecule has 2 rings (SSSR count). The Morgan fingerprint density at radius 1 is 1.50 bits per heavy atom. The molecule has 0 aliphatic carbocycles. The molecule has 0 saturated carbocycles. The largest absolute Gasteiger partial charge is 0.479 e. The maximum absolute atomic E-state index is 12.3. The number of carbonyl (C=O) groups is 3. The number of rotatable bonds is 5. The van der Waals surface area contributed by atoms with Gasteiger partial charge in [-0.1, -0.05) is 6.07 Å². The van der Waals surface area contributed by atoms with Gasteiger partial charge in [0.1, 0.15) is 6.04 Å². The Kier molecular flexibility index (Phi) is 4.82. The predicted octanol–water partition coefficient (Wildman–Crippen LogP) is 0.304. The Balaban J connectivity index is 2.00. The molecule has 0 radical (unpaired) electrons. The summed E-state index contributed by atoms with van der Waals surface area (Å²) in [5.41, 5.74) is -2.03. The van der Waals surface area contributed by atoms with Crippen molar-refractivity contribution in [2.45, 2.75) is 31.4 Å². The minimum atomic E-state index is -2.03. The van der Waals surface area contributed by atoms with Crippen molar-refractivity contribution in [3.05, 3.63) is 22.4 Å². The fourth-order valence-electron chi connectivity index (χ4n) is 2.28. The zero-order valence-corrected chi connectivity index (χ0v) is 12.9. The number of nitrogens with one attached hydrogen (secondary N) is 1. The van der Waals surface area contributed by atoms with Crippen LogP contribution >= 0.6 is 11.3 Å². The fourth-order valence-corrected chi connectivity index (χ4v) is 2.96. The van der Waals surface area contributed by atoms with E-state index in [0.717, 1.165) is 6.92 Å². The number of hydrogen-bond donors (Lipinski definition) is 3. The molecular formula is C14H18N2O5S. The molecule has 3 N–H and O–H groups in total. The van der Waals surface area contributed by atoms with Crippen LogP contribution in [-0.4, -0.2) is 57.6 Å². The van der Waals surface area contributed by atoms with E-state index in [1.807, 2.05) is 0 Å². The number of carbonyl (C=O) groups excluding carboxylic acids is 2. The highest BCUT2D eigenvalue weighted by Gasteiger charge is 2.37. The van der Waals surface area contributed by atoms with Crippen molar-refractivity contribution < 1.29 is 24.6 Å². The number of carboxylic acids is 1. The van der Waals surface area contributed by atoms with Crippen LogP contribution in [0.15, 0.2) is 17.5 Å². The van der Waals surface area contributed by atoms with Gasteiger partial charge in [0.15, 0.2) is 5.60 Å². The number of aliphatic hydroxyl groups is 1. The van der Waals surface area contributed by atoms with Crippen molar-refractivity contribution in [1.82, 2.24) is 10.2 Å². The van der Waals surface area contributed by atoms with Crippen LogP contribution < -0.4 is 5.32 Å². The molecule has 1 unspecified atom stereocenters. The van der Waals surface area contributed by atoms with Crippen molar-refractivity contribution >= 4 is 29.1 Å². The molecule has 1 aliphatic heterocycles. The molecule has 1 saturated heterocycles. The van der Waals surface area contributed by atoms with Crippen LogP contribution in [-0.2, 0) is 9.59 Å². The molecule has 2 heterocycles. The SMILES string of the molecule is CC(O)(CNC(=O)[C@@H]1CCCN1C(=O)c1cccs1)C(=O)O. The second-order valence-electron chi connectivity index (χ2n) is 5.43. The van der Waals surface area contributed by atoms with Gasteiger partial charge < -0.3 is 20.4 Å². The molecule has 1 fully saturated rings. The number of hydrogen-bond acceptors (Lipinski definition) is 5. The number of likely N-dealkylation sites (tertiary alicyclic amines) is 1. The minimum absolute atomic E-state index is 0.197. The molecule has 1 aromatic rings. The van der Waals surface area contributed by atoms with Gasteiger partial charge >= 0.3 is 5.97 Å². The molecule has 22 heavy (non-hydrogen) atoms. The lowest BCUT2D eigenvalue weighted by Gasteiger charge is -2.25. The van der Waals surface area contributed by atoms with E-state index in [-0.39, 0.29) is 5.91 Å². The number of nitrogens with zero attached hydrogens (tertiary/aromatic N) is 1. The number of thiophene rings is 1. The van der Waals surface area contributed by atoms with Crippen molar-refractivity contribution in [3.63, 3.8) is 0 Å². The Bertz CT molecular complexity index is 570. The van der Waals surface area contributed by atoms with Crippen molar-refractivity contribution in [3.8, 4) is 0 Å². The lowest BCUT2D eigenvalue weighted by Crippen LogP contribution is -2.51. The summed E-state index contributed by atoms with van der Waals surface area (Å²) in [5, 5.41) is 22.6. The van der Waals surface area contributed by atoms with Crippen LogP contribution in [0.2, 0.25) is 0 Å². The monoisotopic (exact) mass is 326 g/mol. The number of aliphatic carboxylic acids is 1. The van der Waals surface area contributed by atoms with Gasteiger partial charge in [0, 0.05) is 6.54 Å². The Hall–Kier alpha value is -1.93. The van der Waals surface area contributed by atoms with E-state index in [2.05, 4.69) is 5.32 Å². The molecular weight excluding hydrogens is 308 g/mol. The summed E-state index contributed by atoms with van der Waals surface area (Å²) in [7, 11) is 0. The highest BCUT2D eigenvalue weighted by molar-refractivity contribution is 7.12. The second kappa shape index (κ2) is 6.45. The zero-order chi connectivity index (χ0) is 16.3. The molecule has 120 valence electrons. The first-order chi connectivity index (χ1) is 10.3. The molecule has 7 nitrogen and oxygen atoms in total. The summed E-state index contributed by atoms with van der Waals surface area (Å²) in [4.78, 5) is 37.4. The third-order valence-electron chi connectivity index (χ3n) is 3.62. The van der Waals surface area contributed by atoms with E-state index in [4.69, 9.17) is 5.11 Å². The molecule has 0 aromatic carbocycles. The van der Waals surface area contributed by atoms with E-state index >= 15 is 0 Å². The van der Waals surface area contributed by atoms with Crippen molar-refractivity contribution in [2.24, 2.45) is 0 Å². The third kappa shape index (κ3) is 3.45. The molecule has 1 aromatic heterocycles. The van der Waals surface area contributed by atoms with Crippen LogP contribution in [0.5, 0.6) is 0 Å². The van der Waals surface area contributed by atoms with Crippen LogP contribution in [0, 0.1) is 0 Å². The van der Waals surface area contributed by atoms with E-state index in [1.54, 1.807) is 17.5 Å². The lowest BCUT2D eigenvalue weighted by atomic mass is 10.1. The smallest absolute Gasteiger partial charge is 0.337 e. The summed E-state index contributed by atoms with van der Waals surface area (Å²) in [5.74, 6) is -2.05. The Morgan fingerprint density at radius 2 is 2.23 bits per heavy atom. The quantitative estimate of drug-likeness (QED) is 0.722. The van der Waals surface area contributed by atoms with Gasteiger partial charge in [-0.2, -0.15) is 0 Å². The summed E-state index contributed by atoms with van der Waals surface area (Å²) < 4.78 is 0. The summed E-state index contributed by atoms with van der Waals surface area (Å²) in [6.45, 7) is 1.20. The van der Waals surface area contributed by atoms with E-state index in [1.165, 1.54) is 16.2 Å². The van der Waals surface area contributed by atoms with E-state index in [9.17, 15) is 19.5 Å². The molecule has 2 atom stereocenters. The molecule has 0 bridgehead atoms. The topological polar surface area (TPSA) is 107 Å². The normalized spacial score (nSPS) is 20.5. The third-order valence-corrected chi connectivity index (χ3v) is 4.47. The van der Waals surface area contributed by atoms with Gasteiger partial charge in [0.25, 0.3) is 5.91 Å². The van der Waals surface area contributed by atoms with Crippen LogP contribution in [0.25, 0.3) is 0 Å². The van der Waals surface area contributed by atoms with Gasteiger partial charge in [-0.15, -0.1) is 11.3 Å². The summed E-state index contributed by atoms with van der Waals surface area (Å²) in [6, 6.07) is 2.85. The first-order valence-corrected chi connectivity index (χ1v) is 7.79. The Morgan fingerprint density at radius 3 is 2.82 bits per heavy atom. The number of carboxylic acid groups (broad SMARTS) is 1. The average Bonchev–Trinajstić information content (AvgIpc) is 3.14. The maximum Gasteiger partial charge on any atom is 0.337 e. The van der Waals surface area contributed by atoms with Crippen LogP contribution in [0.1, 0.15) is 29.4 Å². The molecule has 1 aliphatic rings. The number of amides is 2. The van der Waals surface area contributed by atoms with Crippen LogP contribution in [0.4, 0.5) is 0 Å². The van der Waals surface area contributed by atoms with Gasteiger partial charge in [-0.25, -0.2) is 4.79 Å². The molecule has 2 amide bonds. The minimum Gasteiger partial charge on any atom is -0.479 e.